The lowest BCUT2D eigenvalue weighted by Gasteiger charge is -2.21. The predicted molar refractivity (Wildman–Crippen MR) is 202 cm³/mol. The largest absolute Gasteiger partial charge is 0.309 e. The van der Waals surface area contributed by atoms with Crippen molar-refractivity contribution in [2.45, 2.75) is 0 Å². The fraction of sp³-hybridized carbons (Fsp3) is 0. The van der Waals surface area contributed by atoms with E-state index in [4.69, 9.17) is 0 Å². The van der Waals surface area contributed by atoms with Gasteiger partial charge >= 0.3 is 0 Å². The molecule has 0 N–H and O–H groups in total. The van der Waals surface area contributed by atoms with Crippen molar-refractivity contribution in [1.82, 2.24) is 4.57 Å². The summed E-state index contributed by atoms with van der Waals surface area (Å²) in [4.78, 5) is 0. The monoisotopic (exact) mass is 621 g/mol. The van der Waals surface area contributed by atoms with Gasteiger partial charge in [0, 0.05) is 27.6 Å². The van der Waals surface area contributed by atoms with Gasteiger partial charge in [-0.1, -0.05) is 133 Å². The van der Waals surface area contributed by atoms with Gasteiger partial charge in [-0.2, -0.15) is 10.5 Å². The number of para-hydroxylation sites is 2. The molecular weight excluding hydrogens is 595 g/mol. The predicted octanol–water partition coefficient (Wildman–Crippen LogP) is 11.8. The summed E-state index contributed by atoms with van der Waals surface area (Å²) in [7, 11) is 0. The molecule has 8 aromatic carbocycles. The molecule has 0 aliphatic heterocycles. The molecule has 0 bridgehead atoms. The Kier molecular flexibility index (Phi) is 6.58. The molecule has 0 aliphatic rings. The quantitative estimate of drug-likeness (QED) is 0.184. The fourth-order valence-electron chi connectivity index (χ4n) is 7.65. The number of nitrogens with zero attached hydrogens (tertiary/aromatic N) is 3. The third-order valence-electron chi connectivity index (χ3n) is 9.68. The molecule has 0 saturated carbocycles. The molecular formula is C46H27N3. The lowest BCUT2D eigenvalue weighted by molar-refractivity contribution is 1.18. The standard InChI is InChI=1S/C46H27N3/c47-28-31-15-12-22-37(34-26-25-33(27-32(34)29-48)49-42-23-10-8-16-35(42)36-17-9-11-24-43(36)49)45(31)46-40-20-6-4-18-38(40)44(30-13-2-1-3-14-30)39-19-5-7-21-41(39)46/h1-27H. The molecule has 0 radical (unpaired) electrons. The Morgan fingerprint density at radius 1 is 0.367 bits per heavy atom. The first-order valence-corrected chi connectivity index (χ1v) is 16.3. The second kappa shape index (κ2) is 11.4. The normalized spacial score (nSPS) is 11.2. The topological polar surface area (TPSA) is 52.5 Å². The highest BCUT2D eigenvalue weighted by Crippen LogP contribution is 2.47. The third kappa shape index (κ3) is 4.35. The van der Waals surface area contributed by atoms with E-state index in [9.17, 15) is 10.5 Å². The molecule has 0 spiro atoms. The van der Waals surface area contributed by atoms with E-state index in [0.717, 1.165) is 66.1 Å². The molecule has 1 aromatic heterocycles. The van der Waals surface area contributed by atoms with Crippen LogP contribution < -0.4 is 0 Å². The Morgan fingerprint density at radius 3 is 1.45 bits per heavy atom. The number of fused-ring (bicyclic) bond motifs is 5. The summed E-state index contributed by atoms with van der Waals surface area (Å²) in [6, 6.07) is 61.1. The van der Waals surface area contributed by atoms with Gasteiger partial charge in [-0.3, -0.25) is 0 Å². The Hall–Kier alpha value is -6.94. The molecule has 226 valence electrons. The SMILES string of the molecule is N#Cc1cc(-n2c3ccccc3c3ccccc32)ccc1-c1cccc(C#N)c1-c1c2ccccc2c(-c2ccccc2)c2ccccc12. The maximum absolute atomic E-state index is 10.7. The molecule has 49 heavy (non-hydrogen) atoms. The van der Waals surface area contributed by atoms with Gasteiger partial charge in [0.15, 0.2) is 0 Å². The molecule has 9 rings (SSSR count). The van der Waals surface area contributed by atoms with Crippen LogP contribution in [0.15, 0.2) is 164 Å². The summed E-state index contributed by atoms with van der Waals surface area (Å²) in [6.45, 7) is 0. The number of aromatic nitrogens is 1. The van der Waals surface area contributed by atoms with Gasteiger partial charge in [-0.05, 0) is 74.1 Å². The first kappa shape index (κ1) is 28.3. The van der Waals surface area contributed by atoms with Gasteiger partial charge in [-0.25, -0.2) is 0 Å². The van der Waals surface area contributed by atoms with Crippen molar-refractivity contribution in [1.29, 1.82) is 10.5 Å². The minimum Gasteiger partial charge on any atom is -0.309 e. The summed E-state index contributed by atoms with van der Waals surface area (Å²) in [6.07, 6.45) is 0. The summed E-state index contributed by atoms with van der Waals surface area (Å²) in [5, 5.41) is 28.0. The Bertz CT molecular complexity index is 2740. The zero-order valence-electron chi connectivity index (χ0n) is 26.4. The number of nitriles is 2. The van der Waals surface area contributed by atoms with Crippen molar-refractivity contribution >= 4 is 43.4 Å². The van der Waals surface area contributed by atoms with Crippen molar-refractivity contribution in [3.8, 4) is 51.2 Å². The van der Waals surface area contributed by atoms with Gasteiger partial charge in [0.05, 0.1) is 34.3 Å². The summed E-state index contributed by atoms with van der Waals surface area (Å²) < 4.78 is 2.23. The average Bonchev–Trinajstić information content (AvgIpc) is 3.51. The third-order valence-corrected chi connectivity index (χ3v) is 9.68. The molecule has 3 heteroatoms. The maximum atomic E-state index is 10.7. The van der Waals surface area contributed by atoms with Gasteiger partial charge < -0.3 is 4.57 Å². The summed E-state index contributed by atoms with van der Waals surface area (Å²) in [5.41, 5.74) is 9.98. The molecule has 0 amide bonds. The van der Waals surface area contributed by atoms with E-state index in [1.807, 2.05) is 36.4 Å². The molecule has 0 unspecified atom stereocenters. The van der Waals surface area contributed by atoms with Gasteiger partial charge in [0.2, 0.25) is 0 Å². The highest BCUT2D eigenvalue weighted by molar-refractivity contribution is 6.23. The summed E-state index contributed by atoms with van der Waals surface area (Å²) in [5.74, 6) is 0. The van der Waals surface area contributed by atoms with Gasteiger partial charge in [0.1, 0.15) is 0 Å². The number of hydrogen-bond acceptors (Lipinski definition) is 2. The number of rotatable bonds is 4. The van der Waals surface area contributed by atoms with Crippen LogP contribution >= 0.6 is 0 Å². The molecule has 0 saturated heterocycles. The van der Waals surface area contributed by atoms with Gasteiger partial charge in [0.25, 0.3) is 0 Å². The maximum Gasteiger partial charge on any atom is 0.0998 e. The van der Waals surface area contributed by atoms with Crippen LogP contribution in [0.2, 0.25) is 0 Å². The first-order chi connectivity index (χ1) is 24.3. The van der Waals surface area contributed by atoms with Gasteiger partial charge in [-0.15, -0.1) is 0 Å². The van der Waals surface area contributed by atoms with E-state index in [-0.39, 0.29) is 0 Å². The van der Waals surface area contributed by atoms with Crippen molar-refractivity contribution < 1.29 is 0 Å². The van der Waals surface area contributed by atoms with E-state index >= 15 is 0 Å². The Morgan fingerprint density at radius 2 is 0.878 bits per heavy atom. The minimum absolute atomic E-state index is 0.546. The molecule has 0 aliphatic carbocycles. The fourth-order valence-corrected chi connectivity index (χ4v) is 7.65. The average molecular weight is 622 g/mol. The lowest BCUT2D eigenvalue weighted by atomic mass is 9.81. The smallest absolute Gasteiger partial charge is 0.0998 e. The van der Waals surface area contributed by atoms with Crippen LogP contribution in [0.1, 0.15) is 11.1 Å². The highest BCUT2D eigenvalue weighted by atomic mass is 15.0. The van der Waals surface area contributed by atoms with E-state index < -0.39 is 0 Å². The van der Waals surface area contributed by atoms with Crippen LogP contribution in [0.5, 0.6) is 0 Å². The van der Waals surface area contributed by atoms with Crippen LogP contribution in [-0.2, 0) is 0 Å². The Labute approximate surface area is 283 Å². The second-order valence-corrected chi connectivity index (χ2v) is 12.3. The summed E-state index contributed by atoms with van der Waals surface area (Å²) >= 11 is 0. The zero-order valence-corrected chi connectivity index (χ0v) is 26.4. The van der Waals surface area contributed by atoms with Crippen molar-refractivity contribution in [3.05, 3.63) is 175 Å². The Balaban J connectivity index is 1.34. The van der Waals surface area contributed by atoms with Crippen LogP contribution in [0.4, 0.5) is 0 Å². The zero-order chi connectivity index (χ0) is 32.9. The minimum atomic E-state index is 0.546. The molecule has 0 atom stereocenters. The van der Waals surface area contributed by atoms with E-state index in [2.05, 4.69) is 144 Å². The van der Waals surface area contributed by atoms with Crippen LogP contribution in [0, 0.1) is 22.7 Å². The first-order valence-electron chi connectivity index (χ1n) is 16.3. The van der Waals surface area contributed by atoms with Crippen LogP contribution in [0.25, 0.3) is 82.4 Å². The van der Waals surface area contributed by atoms with E-state index in [1.54, 1.807) is 0 Å². The van der Waals surface area contributed by atoms with E-state index in [0.29, 0.717) is 11.1 Å². The molecule has 1 heterocycles. The lowest BCUT2D eigenvalue weighted by Crippen LogP contribution is -1.98. The number of hydrogen-bond donors (Lipinski definition) is 0. The van der Waals surface area contributed by atoms with E-state index in [1.165, 1.54) is 16.3 Å². The number of benzene rings is 8. The second-order valence-electron chi connectivity index (χ2n) is 12.3. The molecule has 3 nitrogen and oxygen atoms in total. The molecule has 0 fully saturated rings. The molecule has 9 aromatic rings. The van der Waals surface area contributed by atoms with Crippen molar-refractivity contribution in [3.63, 3.8) is 0 Å². The van der Waals surface area contributed by atoms with Crippen molar-refractivity contribution in [2.75, 3.05) is 0 Å². The van der Waals surface area contributed by atoms with Crippen LogP contribution in [0.3, 0.4) is 0 Å². The van der Waals surface area contributed by atoms with Crippen LogP contribution in [-0.4, -0.2) is 4.57 Å². The van der Waals surface area contributed by atoms with Crippen molar-refractivity contribution in [2.24, 2.45) is 0 Å². The highest BCUT2D eigenvalue weighted by Gasteiger charge is 2.23.